The number of benzene rings is 1. The first-order valence-electron chi connectivity index (χ1n) is 5.84. The van der Waals surface area contributed by atoms with Crippen molar-refractivity contribution in [1.29, 1.82) is 0 Å². The molecule has 0 heterocycles. The van der Waals surface area contributed by atoms with E-state index in [0.29, 0.717) is 12.5 Å². The normalized spacial score (nSPS) is 13.6. The molecule has 1 rings (SSSR count). The largest absolute Gasteiger partial charge is 0.478 e. The number of hydrogen-bond donors (Lipinski definition) is 3. The third-order valence-electron chi connectivity index (χ3n) is 3.08. The molecule has 0 aromatic heterocycles. The van der Waals surface area contributed by atoms with Crippen LogP contribution in [0.4, 0.5) is 15.8 Å². The van der Waals surface area contributed by atoms with E-state index in [1.165, 1.54) is 0 Å². The Morgan fingerprint density at radius 1 is 1.55 bits per heavy atom. The average Bonchev–Trinajstić information content (AvgIpc) is 2.37. The van der Waals surface area contributed by atoms with Gasteiger partial charge >= 0.3 is 5.97 Å². The number of carboxylic acid groups (broad SMARTS) is 1. The maximum Gasteiger partial charge on any atom is 0.338 e. The zero-order valence-corrected chi connectivity index (χ0v) is 11.0. The number of aromatic carboxylic acids is 1. The summed E-state index contributed by atoms with van der Waals surface area (Å²) in [6.45, 7) is 3.04. The van der Waals surface area contributed by atoms with Crippen molar-refractivity contribution in [2.24, 2.45) is 0 Å². The summed E-state index contributed by atoms with van der Waals surface area (Å²) in [6.07, 6.45) is 0.433. The van der Waals surface area contributed by atoms with Crippen molar-refractivity contribution in [1.82, 2.24) is 0 Å². The number of nitrogens with zero attached hydrogens (tertiary/aromatic N) is 1. The molecule has 1 aromatic carbocycles. The maximum atomic E-state index is 13.6. The lowest BCUT2D eigenvalue weighted by molar-refractivity contribution is -0.384. The van der Waals surface area contributed by atoms with E-state index in [4.69, 9.17) is 5.11 Å². The molecule has 8 heteroatoms. The smallest absolute Gasteiger partial charge is 0.338 e. The van der Waals surface area contributed by atoms with Gasteiger partial charge in [0.2, 0.25) is 0 Å². The predicted octanol–water partition coefficient (Wildman–Crippen LogP) is 2.00. The molecule has 110 valence electrons. The Balaban J connectivity index is 3.36. The minimum absolute atomic E-state index is 0.170. The standard InChI is InChI=1S/C12H15FN2O5/c1-3-12(2,6-16)14-9-5-8(13)7(11(17)18)4-10(9)15(19)20/h4-5,14,16H,3,6H2,1-2H3,(H,17,18). The monoisotopic (exact) mass is 286 g/mol. The van der Waals surface area contributed by atoms with Crippen LogP contribution in [0.5, 0.6) is 0 Å². The minimum Gasteiger partial charge on any atom is -0.478 e. The Morgan fingerprint density at radius 3 is 2.55 bits per heavy atom. The highest BCUT2D eigenvalue weighted by Crippen LogP contribution is 2.31. The van der Waals surface area contributed by atoms with Gasteiger partial charge in [-0.1, -0.05) is 6.92 Å². The van der Waals surface area contributed by atoms with Gasteiger partial charge in [0, 0.05) is 12.1 Å². The van der Waals surface area contributed by atoms with Gasteiger partial charge in [0.25, 0.3) is 5.69 Å². The molecule has 0 aliphatic rings. The SMILES string of the molecule is CCC(C)(CO)Nc1cc(F)c(C(=O)O)cc1[N+](=O)[O-]. The van der Waals surface area contributed by atoms with Gasteiger partial charge in [-0.15, -0.1) is 0 Å². The van der Waals surface area contributed by atoms with Crippen molar-refractivity contribution in [3.8, 4) is 0 Å². The van der Waals surface area contributed by atoms with Gasteiger partial charge in [0.15, 0.2) is 0 Å². The van der Waals surface area contributed by atoms with Gasteiger partial charge in [0.1, 0.15) is 17.1 Å². The van der Waals surface area contributed by atoms with Gasteiger partial charge in [-0.05, 0) is 13.3 Å². The third kappa shape index (κ3) is 3.21. The predicted molar refractivity (Wildman–Crippen MR) is 69.4 cm³/mol. The van der Waals surface area contributed by atoms with Gasteiger partial charge < -0.3 is 15.5 Å². The fourth-order valence-electron chi connectivity index (χ4n) is 1.54. The number of hydrogen-bond acceptors (Lipinski definition) is 5. The van der Waals surface area contributed by atoms with Crippen LogP contribution in [0, 0.1) is 15.9 Å². The quantitative estimate of drug-likeness (QED) is 0.544. The first kappa shape index (κ1) is 15.8. The number of aliphatic hydroxyl groups excluding tert-OH is 1. The summed E-state index contributed by atoms with van der Waals surface area (Å²) >= 11 is 0. The van der Waals surface area contributed by atoms with E-state index in [0.717, 1.165) is 6.07 Å². The maximum absolute atomic E-state index is 13.6. The zero-order valence-electron chi connectivity index (χ0n) is 11.0. The fourth-order valence-corrected chi connectivity index (χ4v) is 1.54. The van der Waals surface area contributed by atoms with Crippen molar-refractivity contribution >= 4 is 17.3 Å². The first-order chi connectivity index (χ1) is 9.24. The topological polar surface area (TPSA) is 113 Å². The first-order valence-corrected chi connectivity index (χ1v) is 5.84. The highest BCUT2D eigenvalue weighted by atomic mass is 19.1. The minimum atomic E-state index is -1.59. The summed E-state index contributed by atoms with van der Waals surface area (Å²) in [4.78, 5) is 20.9. The molecular formula is C12H15FN2O5. The number of rotatable bonds is 6. The Bertz CT molecular complexity index is 543. The van der Waals surface area contributed by atoms with Crippen molar-refractivity contribution in [3.63, 3.8) is 0 Å². The van der Waals surface area contributed by atoms with Crippen molar-refractivity contribution < 1.29 is 24.3 Å². The van der Waals surface area contributed by atoms with Gasteiger partial charge in [-0.3, -0.25) is 10.1 Å². The molecule has 1 aromatic rings. The van der Waals surface area contributed by atoms with Crippen molar-refractivity contribution in [3.05, 3.63) is 33.6 Å². The summed E-state index contributed by atoms with van der Waals surface area (Å²) in [5.41, 5.74) is -2.38. The summed E-state index contributed by atoms with van der Waals surface area (Å²) in [5, 5.41) is 31.7. The molecule has 0 radical (unpaired) electrons. The van der Waals surface area contributed by atoms with Gasteiger partial charge in [-0.25, -0.2) is 9.18 Å². The molecule has 0 bridgehead atoms. The Labute approximate surface area is 114 Å². The lowest BCUT2D eigenvalue weighted by Crippen LogP contribution is -2.38. The van der Waals surface area contributed by atoms with Gasteiger partial charge in [-0.2, -0.15) is 0 Å². The molecular weight excluding hydrogens is 271 g/mol. The molecule has 0 saturated heterocycles. The number of anilines is 1. The van der Waals surface area contributed by atoms with E-state index in [9.17, 15) is 24.4 Å². The summed E-state index contributed by atoms with van der Waals surface area (Å²) in [5.74, 6) is -2.67. The van der Waals surface area contributed by atoms with E-state index < -0.39 is 33.5 Å². The van der Waals surface area contributed by atoms with Gasteiger partial charge in [0.05, 0.1) is 17.1 Å². The second-order valence-electron chi connectivity index (χ2n) is 4.61. The van der Waals surface area contributed by atoms with Crippen LogP contribution < -0.4 is 5.32 Å². The number of nitrogens with one attached hydrogen (secondary N) is 1. The average molecular weight is 286 g/mol. The van der Waals surface area contributed by atoms with Crippen LogP contribution in [0.3, 0.4) is 0 Å². The molecule has 3 N–H and O–H groups in total. The lowest BCUT2D eigenvalue weighted by Gasteiger charge is -2.28. The summed E-state index contributed by atoms with van der Waals surface area (Å²) in [7, 11) is 0. The van der Waals surface area contributed by atoms with Crippen LogP contribution in [-0.2, 0) is 0 Å². The Morgan fingerprint density at radius 2 is 2.15 bits per heavy atom. The van der Waals surface area contributed by atoms with Crippen LogP contribution in [-0.4, -0.2) is 33.3 Å². The van der Waals surface area contributed by atoms with Crippen LogP contribution in [0.2, 0.25) is 0 Å². The second kappa shape index (κ2) is 5.83. The Kier molecular flexibility index (Phi) is 4.61. The number of carbonyl (C=O) groups is 1. The van der Waals surface area contributed by atoms with Crippen LogP contribution in [0.25, 0.3) is 0 Å². The molecule has 1 atom stereocenters. The van der Waals surface area contributed by atoms with E-state index in [-0.39, 0.29) is 12.3 Å². The molecule has 0 spiro atoms. The van der Waals surface area contributed by atoms with E-state index in [1.54, 1.807) is 13.8 Å². The van der Waals surface area contributed by atoms with E-state index >= 15 is 0 Å². The Hall–Kier alpha value is -2.22. The third-order valence-corrected chi connectivity index (χ3v) is 3.08. The summed E-state index contributed by atoms with van der Waals surface area (Å²) in [6, 6.07) is 1.42. The number of halogens is 1. The van der Waals surface area contributed by atoms with Crippen molar-refractivity contribution in [2.45, 2.75) is 25.8 Å². The van der Waals surface area contributed by atoms with E-state index in [2.05, 4.69) is 5.32 Å². The van der Waals surface area contributed by atoms with Crippen molar-refractivity contribution in [2.75, 3.05) is 11.9 Å². The summed E-state index contributed by atoms with van der Waals surface area (Å²) < 4.78 is 13.6. The van der Waals surface area contributed by atoms with Crippen LogP contribution in [0.1, 0.15) is 30.6 Å². The molecule has 7 nitrogen and oxygen atoms in total. The molecule has 0 amide bonds. The number of nitro benzene ring substituents is 1. The molecule has 0 fully saturated rings. The lowest BCUT2D eigenvalue weighted by atomic mass is 9.99. The fraction of sp³-hybridized carbons (Fsp3) is 0.417. The highest BCUT2D eigenvalue weighted by Gasteiger charge is 2.27. The van der Waals surface area contributed by atoms with Crippen LogP contribution >= 0.6 is 0 Å². The molecule has 0 aliphatic heterocycles. The second-order valence-corrected chi connectivity index (χ2v) is 4.61. The molecule has 1 unspecified atom stereocenters. The highest BCUT2D eigenvalue weighted by molar-refractivity contribution is 5.90. The van der Waals surface area contributed by atoms with E-state index in [1.807, 2.05) is 0 Å². The molecule has 0 aliphatic carbocycles. The van der Waals surface area contributed by atoms with Crippen LogP contribution in [0.15, 0.2) is 12.1 Å². The number of aliphatic hydroxyl groups is 1. The number of nitro groups is 1. The number of carboxylic acids is 1. The molecule has 0 saturated carbocycles. The molecule has 20 heavy (non-hydrogen) atoms. The zero-order chi connectivity index (χ0) is 15.5.